The number of esters is 1. The molecular formula is C21H24N4O4. The number of ether oxygens (including phenoxy) is 1. The van der Waals surface area contributed by atoms with E-state index >= 15 is 0 Å². The number of para-hydroxylation sites is 1. The zero-order valence-electron chi connectivity index (χ0n) is 17.1. The smallest absolute Gasteiger partial charge is 0.340 e. The molecule has 0 radical (unpaired) electrons. The van der Waals surface area contributed by atoms with Crippen LogP contribution in [-0.4, -0.2) is 32.8 Å². The number of aryl methyl sites for hydroxylation is 1. The normalized spacial score (nSPS) is 10.8. The number of carbonyl (C=O) groups excluding carboxylic acids is 2. The van der Waals surface area contributed by atoms with Gasteiger partial charge in [0, 0.05) is 12.7 Å². The van der Waals surface area contributed by atoms with Gasteiger partial charge in [-0.05, 0) is 45.4 Å². The largest absolute Gasteiger partial charge is 0.462 e. The average Bonchev–Trinajstić information content (AvgIpc) is 3.10. The molecule has 152 valence electrons. The van der Waals surface area contributed by atoms with E-state index in [-0.39, 0.29) is 23.5 Å². The van der Waals surface area contributed by atoms with Gasteiger partial charge in [0.05, 0.1) is 23.6 Å². The average molecular weight is 396 g/mol. The topological polar surface area (TPSA) is 98.1 Å². The monoisotopic (exact) mass is 396 g/mol. The standard InChI is InChI=1S/C21H24N4O4/c1-6-29-21(28)16-12(2)17(22-13(16)3)19(26)23-18-14(4)24(5)25(20(18)27)15-10-8-7-9-11-15/h7-11,22H,6H2,1-5H3,(H,23,26). The maximum atomic E-state index is 13.0. The number of amides is 1. The van der Waals surface area contributed by atoms with Gasteiger partial charge in [0.25, 0.3) is 11.5 Å². The second kappa shape index (κ2) is 7.83. The van der Waals surface area contributed by atoms with Crippen molar-refractivity contribution in [1.29, 1.82) is 0 Å². The van der Waals surface area contributed by atoms with Crippen LogP contribution in [0.3, 0.4) is 0 Å². The molecule has 3 rings (SSSR count). The van der Waals surface area contributed by atoms with Crippen molar-refractivity contribution in [1.82, 2.24) is 14.3 Å². The van der Waals surface area contributed by atoms with E-state index in [0.29, 0.717) is 28.2 Å². The fraction of sp³-hybridized carbons (Fsp3) is 0.286. The van der Waals surface area contributed by atoms with E-state index in [1.807, 2.05) is 30.3 Å². The molecule has 2 aromatic heterocycles. The van der Waals surface area contributed by atoms with Crippen LogP contribution in [0.15, 0.2) is 35.1 Å². The van der Waals surface area contributed by atoms with Crippen molar-refractivity contribution in [3.05, 3.63) is 68.9 Å². The number of H-pyrrole nitrogens is 1. The Balaban J connectivity index is 1.98. The van der Waals surface area contributed by atoms with Gasteiger partial charge in [-0.2, -0.15) is 0 Å². The molecule has 0 unspecified atom stereocenters. The molecule has 1 aromatic carbocycles. The highest BCUT2D eigenvalue weighted by Gasteiger charge is 2.25. The molecular weight excluding hydrogens is 372 g/mol. The lowest BCUT2D eigenvalue weighted by Gasteiger charge is -2.07. The summed E-state index contributed by atoms with van der Waals surface area (Å²) in [6.07, 6.45) is 0. The minimum Gasteiger partial charge on any atom is -0.462 e. The van der Waals surface area contributed by atoms with Gasteiger partial charge >= 0.3 is 5.97 Å². The van der Waals surface area contributed by atoms with E-state index in [4.69, 9.17) is 4.74 Å². The maximum absolute atomic E-state index is 13.0. The van der Waals surface area contributed by atoms with Crippen LogP contribution >= 0.6 is 0 Å². The van der Waals surface area contributed by atoms with Crippen molar-refractivity contribution in [3.63, 3.8) is 0 Å². The molecule has 0 aliphatic rings. The van der Waals surface area contributed by atoms with Crippen LogP contribution < -0.4 is 10.9 Å². The van der Waals surface area contributed by atoms with Crippen LogP contribution in [-0.2, 0) is 11.8 Å². The molecule has 0 aliphatic carbocycles. The van der Waals surface area contributed by atoms with E-state index in [2.05, 4.69) is 10.3 Å². The third kappa shape index (κ3) is 3.49. The summed E-state index contributed by atoms with van der Waals surface area (Å²) in [5.41, 5.74) is 2.73. The molecule has 0 fully saturated rings. The second-order valence-corrected chi connectivity index (χ2v) is 6.74. The van der Waals surface area contributed by atoms with Crippen LogP contribution in [0, 0.1) is 20.8 Å². The summed E-state index contributed by atoms with van der Waals surface area (Å²) < 4.78 is 8.23. The van der Waals surface area contributed by atoms with Gasteiger partial charge in [-0.3, -0.25) is 14.3 Å². The Hall–Kier alpha value is -3.55. The number of hydrogen-bond donors (Lipinski definition) is 2. The van der Waals surface area contributed by atoms with Crippen LogP contribution in [0.25, 0.3) is 5.69 Å². The van der Waals surface area contributed by atoms with Crippen LogP contribution in [0.5, 0.6) is 0 Å². The predicted molar refractivity (Wildman–Crippen MR) is 110 cm³/mol. The van der Waals surface area contributed by atoms with Gasteiger partial charge in [0.15, 0.2) is 0 Å². The van der Waals surface area contributed by atoms with Crippen LogP contribution in [0.4, 0.5) is 5.69 Å². The van der Waals surface area contributed by atoms with E-state index in [0.717, 1.165) is 0 Å². The zero-order valence-corrected chi connectivity index (χ0v) is 17.1. The summed E-state index contributed by atoms with van der Waals surface area (Å²) in [5, 5.41) is 2.70. The SMILES string of the molecule is CCOC(=O)c1c(C)[nH]c(C(=O)Nc2c(C)n(C)n(-c3ccccc3)c2=O)c1C. The van der Waals surface area contributed by atoms with Crippen molar-refractivity contribution in [3.8, 4) is 5.69 Å². The number of aromatic nitrogens is 3. The summed E-state index contributed by atoms with van der Waals surface area (Å²) in [6, 6.07) is 9.17. The van der Waals surface area contributed by atoms with E-state index in [1.54, 1.807) is 39.4 Å². The molecule has 8 nitrogen and oxygen atoms in total. The molecule has 8 heteroatoms. The van der Waals surface area contributed by atoms with E-state index in [9.17, 15) is 14.4 Å². The number of aromatic amines is 1. The Morgan fingerprint density at radius 1 is 1.14 bits per heavy atom. The van der Waals surface area contributed by atoms with Gasteiger partial charge in [-0.15, -0.1) is 0 Å². The van der Waals surface area contributed by atoms with Crippen molar-refractivity contribution >= 4 is 17.6 Å². The quantitative estimate of drug-likeness (QED) is 0.648. The molecule has 29 heavy (non-hydrogen) atoms. The maximum Gasteiger partial charge on any atom is 0.340 e. The van der Waals surface area contributed by atoms with Gasteiger partial charge in [0.2, 0.25) is 0 Å². The number of rotatable bonds is 5. The Morgan fingerprint density at radius 2 is 1.79 bits per heavy atom. The Labute approximate surface area is 168 Å². The lowest BCUT2D eigenvalue weighted by molar-refractivity contribution is 0.0525. The first-order valence-corrected chi connectivity index (χ1v) is 9.29. The second-order valence-electron chi connectivity index (χ2n) is 6.74. The predicted octanol–water partition coefficient (Wildman–Crippen LogP) is 2.86. The van der Waals surface area contributed by atoms with Crippen LogP contribution in [0.2, 0.25) is 0 Å². The molecule has 0 spiro atoms. The highest BCUT2D eigenvalue weighted by molar-refractivity contribution is 6.07. The zero-order chi connectivity index (χ0) is 21.3. The summed E-state index contributed by atoms with van der Waals surface area (Å²) in [4.78, 5) is 41.0. The summed E-state index contributed by atoms with van der Waals surface area (Å²) in [7, 11) is 1.75. The van der Waals surface area contributed by atoms with Crippen molar-refractivity contribution < 1.29 is 14.3 Å². The third-order valence-electron chi connectivity index (χ3n) is 4.94. The fourth-order valence-corrected chi connectivity index (χ4v) is 3.37. The molecule has 0 bridgehead atoms. The highest BCUT2D eigenvalue weighted by Crippen LogP contribution is 2.21. The Morgan fingerprint density at radius 3 is 2.41 bits per heavy atom. The van der Waals surface area contributed by atoms with E-state index in [1.165, 1.54) is 4.68 Å². The minimum absolute atomic E-state index is 0.186. The molecule has 0 aliphatic heterocycles. The number of nitrogens with zero attached hydrogens (tertiary/aromatic N) is 2. The van der Waals surface area contributed by atoms with Crippen molar-refractivity contribution in [2.45, 2.75) is 27.7 Å². The first kappa shape index (κ1) is 20.2. The molecule has 2 N–H and O–H groups in total. The summed E-state index contributed by atoms with van der Waals surface area (Å²) >= 11 is 0. The number of nitrogens with one attached hydrogen (secondary N) is 2. The van der Waals surface area contributed by atoms with Crippen molar-refractivity contribution in [2.24, 2.45) is 7.05 Å². The van der Waals surface area contributed by atoms with Gasteiger partial charge in [-0.25, -0.2) is 9.48 Å². The highest BCUT2D eigenvalue weighted by atomic mass is 16.5. The number of anilines is 1. The molecule has 0 atom stereocenters. The first-order valence-electron chi connectivity index (χ1n) is 9.29. The fourth-order valence-electron chi connectivity index (χ4n) is 3.37. The molecule has 3 aromatic rings. The minimum atomic E-state index is -0.493. The number of carbonyl (C=O) groups is 2. The molecule has 1 amide bonds. The lowest BCUT2D eigenvalue weighted by Crippen LogP contribution is -2.23. The Bertz CT molecular complexity index is 1140. The summed E-state index contributed by atoms with van der Waals surface area (Å²) in [6.45, 7) is 7.09. The number of hydrogen-bond acceptors (Lipinski definition) is 4. The van der Waals surface area contributed by atoms with Crippen molar-refractivity contribution in [2.75, 3.05) is 11.9 Å². The van der Waals surface area contributed by atoms with Crippen LogP contribution in [0.1, 0.15) is 44.7 Å². The molecule has 0 saturated carbocycles. The lowest BCUT2D eigenvalue weighted by atomic mass is 10.1. The van der Waals surface area contributed by atoms with Gasteiger partial charge in [0.1, 0.15) is 11.4 Å². The third-order valence-corrected chi connectivity index (χ3v) is 4.94. The Kier molecular flexibility index (Phi) is 5.45. The molecule has 0 saturated heterocycles. The van der Waals surface area contributed by atoms with E-state index < -0.39 is 11.9 Å². The first-order chi connectivity index (χ1) is 13.8. The van der Waals surface area contributed by atoms with Gasteiger partial charge < -0.3 is 15.0 Å². The number of benzene rings is 1. The molecule has 2 heterocycles. The summed E-state index contributed by atoms with van der Waals surface area (Å²) in [5.74, 6) is -0.979. The van der Waals surface area contributed by atoms with Gasteiger partial charge in [-0.1, -0.05) is 18.2 Å².